The number of rotatable bonds is 5. The van der Waals surface area contributed by atoms with E-state index in [2.05, 4.69) is 34.1 Å². The van der Waals surface area contributed by atoms with Crippen molar-refractivity contribution in [3.63, 3.8) is 0 Å². The molecule has 3 heteroatoms. The zero-order chi connectivity index (χ0) is 15.2. The van der Waals surface area contributed by atoms with E-state index in [4.69, 9.17) is 4.74 Å². The van der Waals surface area contributed by atoms with Crippen LogP contribution in [0.2, 0.25) is 0 Å². The minimum absolute atomic E-state index is 0.797. The molecule has 0 aliphatic carbocycles. The van der Waals surface area contributed by atoms with E-state index in [1.54, 1.807) is 7.11 Å². The molecule has 0 N–H and O–H groups in total. The molecule has 120 valence electrons. The van der Waals surface area contributed by atoms with E-state index in [-0.39, 0.29) is 0 Å². The average Bonchev–Trinajstić information content (AvgIpc) is 3.10. The van der Waals surface area contributed by atoms with Crippen LogP contribution in [0.3, 0.4) is 0 Å². The molecule has 0 radical (unpaired) electrons. The first-order valence-electron chi connectivity index (χ1n) is 8.62. The fourth-order valence-corrected chi connectivity index (χ4v) is 3.65. The second kappa shape index (κ2) is 7.80. The van der Waals surface area contributed by atoms with Crippen LogP contribution in [0, 0.1) is 0 Å². The molecule has 0 spiro atoms. The molecule has 0 bridgehead atoms. The molecule has 2 heterocycles. The van der Waals surface area contributed by atoms with Crippen LogP contribution in [0.25, 0.3) is 6.08 Å². The molecule has 22 heavy (non-hydrogen) atoms. The standard InChI is InChI=1S/C19H28N2O/c1-22-19-10-8-17(9-11-19)6-4-12-20-13-5-7-18(16-20)21-14-2-3-15-21/h4,6,8-11,18H,2-3,5,7,12-16H2,1H3/b6-4+/t18-/m0/s1. The van der Waals surface area contributed by atoms with Crippen LogP contribution in [-0.4, -0.2) is 55.7 Å². The number of likely N-dealkylation sites (tertiary alicyclic amines) is 2. The van der Waals surface area contributed by atoms with Crippen molar-refractivity contribution in [1.29, 1.82) is 0 Å². The number of nitrogens with zero attached hydrogens (tertiary/aromatic N) is 2. The normalized spacial score (nSPS) is 24.1. The molecule has 2 saturated heterocycles. The van der Waals surface area contributed by atoms with Crippen LogP contribution in [0.15, 0.2) is 30.3 Å². The van der Waals surface area contributed by atoms with Gasteiger partial charge < -0.3 is 4.74 Å². The third-order valence-electron chi connectivity index (χ3n) is 4.93. The van der Waals surface area contributed by atoms with Crippen LogP contribution in [-0.2, 0) is 0 Å². The highest BCUT2D eigenvalue weighted by atomic mass is 16.5. The number of hydrogen-bond donors (Lipinski definition) is 0. The molecule has 2 fully saturated rings. The molecule has 2 aliphatic heterocycles. The van der Waals surface area contributed by atoms with E-state index in [0.29, 0.717) is 0 Å². The predicted molar refractivity (Wildman–Crippen MR) is 92.3 cm³/mol. The molecular formula is C19H28N2O. The highest BCUT2D eigenvalue weighted by Crippen LogP contribution is 2.20. The Morgan fingerprint density at radius 3 is 2.59 bits per heavy atom. The van der Waals surface area contributed by atoms with Crippen molar-refractivity contribution in [2.75, 3.05) is 39.8 Å². The van der Waals surface area contributed by atoms with E-state index >= 15 is 0 Å². The first kappa shape index (κ1) is 15.6. The number of ether oxygens (including phenoxy) is 1. The van der Waals surface area contributed by atoms with Gasteiger partial charge in [-0.3, -0.25) is 9.80 Å². The third-order valence-corrected chi connectivity index (χ3v) is 4.93. The van der Waals surface area contributed by atoms with Crippen LogP contribution in [0.4, 0.5) is 0 Å². The molecule has 0 saturated carbocycles. The van der Waals surface area contributed by atoms with Crippen molar-refractivity contribution in [3.8, 4) is 5.75 Å². The van der Waals surface area contributed by atoms with Gasteiger partial charge in [-0.1, -0.05) is 24.3 Å². The molecule has 0 aromatic heterocycles. The summed E-state index contributed by atoms with van der Waals surface area (Å²) in [4.78, 5) is 5.31. The second-order valence-electron chi connectivity index (χ2n) is 6.47. The second-order valence-corrected chi connectivity index (χ2v) is 6.47. The predicted octanol–water partition coefficient (Wildman–Crippen LogP) is 3.27. The highest BCUT2D eigenvalue weighted by Gasteiger charge is 2.26. The van der Waals surface area contributed by atoms with Gasteiger partial charge in [0.25, 0.3) is 0 Å². The number of hydrogen-bond acceptors (Lipinski definition) is 3. The van der Waals surface area contributed by atoms with Crippen molar-refractivity contribution in [2.45, 2.75) is 31.7 Å². The maximum atomic E-state index is 5.19. The lowest BCUT2D eigenvalue weighted by Gasteiger charge is -2.37. The maximum Gasteiger partial charge on any atom is 0.118 e. The summed E-state index contributed by atoms with van der Waals surface area (Å²) in [5.41, 5.74) is 1.24. The van der Waals surface area contributed by atoms with Crippen molar-refractivity contribution >= 4 is 6.08 Å². The van der Waals surface area contributed by atoms with Crippen LogP contribution in [0.1, 0.15) is 31.2 Å². The molecule has 3 rings (SSSR count). The summed E-state index contributed by atoms with van der Waals surface area (Å²) in [6.45, 7) is 6.20. The van der Waals surface area contributed by atoms with Gasteiger partial charge in [0.15, 0.2) is 0 Å². The van der Waals surface area contributed by atoms with Crippen molar-refractivity contribution in [3.05, 3.63) is 35.9 Å². The van der Waals surface area contributed by atoms with E-state index in [1.165, 1.54) is 57.4 Å². The smallest absolute Gasteiger partial charge is 0.118 e. The lowest BCUT2D eigenvalue weighted by atomic mass is 10.0. The first-order chi connectivity index (χ1) is 10.8. The van der Waals surface area contributed by atoms with Gasteiger partial charge in [-0.15, -0.1) is 0 Å². The minimum Gasteiger partial charge on any atom is -0.497 e. The molecule has 1 atom stereocenters. The topological polar surface area (TPSA) is 15.7 Å². The zero-order valence-electron chi connectivity index (χ0n) is 13.7. The van der Waals surface area contributed by atoms with Gasteiger partial charge in [0.05, 0.1) is 7.11 Å². The quantitative estimate of drug-likeness (QED) is 0.830. The summed E-state index contributed by atoms with van der Waals surface area (Å²) in [5.74, 6) is 0.918. The Morgan fingerprint density at radius 2 is 1.86 bits per heavy atom. The monoisotopic (exact) mass is 300 g/mol. The van der Waals surface area contributed by atoms with Crippen molar-refractivity contribution < 1.29 is 4.74 Å². The molecule has 0 unspecified atom stereocenters. The Hall–Kier alpha value is -1.32. The fraction of sp³-hybridized carbons (Fsp3) is 0.579. The van der Waals surface area contributed by atoms with Crippen LogP contribution < -0.4 is 4.74 Å². The van der Waals surface area contributed by atoms with Gasteiger partial charge in [-0.2, -0.15) is 0 Å². The summed E-state index contributed by atoms with van der Waals surface area (Å²) in [6.07, 6.45) is 10.0. The highest BCUT2D eigenvalue weighted by molar-refractivity contribution is 5.50. The van der Waals surface area contributed by atoms with Crippen LogP contribution in [0.5, 0.6) is 5.75 Å². The molecule has 3 nitrogen and oxygen atoms in total. The Morgan fingerprint density at radius 1 is 1.09 bits per heavy atom. The van der Waals surface area contributed by atoms with E-state index < -0.39 is 0 Å². The summed E-state index contributed by atoms with van der Waals surface area (Å²) in [6, 6.07) is 9.05. The first-order valence-corrected chi connectivity index (χ1v) is 8.62. The van der Waals surface area contributed by atoms with Crippen LogP contribution >= 0.6 is 0 Å². The zero-order valence-corrected chi connectivity index (χ0v) is 13.7. The number of benzene rings is 1. The third kappa shape index (κ3) is 4.11. The maximum absolute atomic E-state index is 5.19. The van der Waals surface area contributed by atoms with Gasteiger partial charge in [0.1, 0.15) is 5.75 Å². The van der Waals surface area contributed by atoms with Gasteiger partial charge in [-0.25, -0.2) is 0 Å². The van der Waals surface area contributed by atoms with Gasteiger partial charge in [0, 0.05) is 19.1 Å². The largest absolute Gasteiger partial charge is 0.497 e. The van der Waals surface area contributed by atoms with E-state index in [9.17, 15) is 0 Å². The Kier molecular flexibility index (Phi) is 5.52. The molecule has 0 amide bonds. The fourth-order valence-electron chi connectivity index (χ4n) is 3.65. The van der Waals surface area contributed by atoms with Gasteiger partial charge >= 0.3 is 0 Å². The summed E-state index contributed by atoms with van der Waals surface area (Å²) < 4.78 is 5.19. The molecule has 1 aromatic carbocycles. The molecule has 2 aliphatic rings. The Balaban J connectivity index is 1.48. The number of methoxy groups -OCH3 is 1. The summed E-state index contributed by atoms with van der Waals surface area (Å²) in [5, 5.41) is 0. The average molecular weight is 300 g/mol. The van der Waals surface area contributed by atoms with Crippen molar-refractivity contribution in [2.24, 2.45) is 0 Å². The Bertz CT molecular complexity index is 477. The Labute approximate surface area is 134 Å². The van der Waals surface area contributed by atoms with Crippen molar-refractivity contribution in [1.82, 2.24) is 9.80 Å². The molecular weight excluding hydrogens is 272 g/mol. The minimum atomic E-state index is 0.797. The van der Waals surface area contributed by atoms with E-state index in [0.717, 1.165) is 18.3 Å². The summed E-state index contributed by atoms with van der Waals surface area (Å²) in [7, 11) is 1.71. The summed E-state index contributed by atoms with van der Waals surface area (Å²) >= 11 is 0. The van der Waals surface area contributed by atoms with Gasteiger partial charge in [0.2, 0.25) is 0 Å². The molecule has 1 aromatic rings. The number of piperidine rings is 1. The lowest BCUT2D eigenvalue weighted by Crippen LogP contribution is -2.46. The van der Waals surface area contributed by atoms with E-state index in [1.807, 2.05) is 12.1 Å². The SMILES string of the molecule is COc1ccc(/C=C/CN2CCC[C@H](N3CCCC3)C2)cc1. The van der Waals surface area contributed by atoms with Gasteiger partial charge in [-0.05, 0) is 63.0 Å². The lowest BCUT2D eigenvalue weighted by molar-refractivity contribution is 0.124.